The molecule has 0 aliphatic carbocycles. The lowest BCUT2D eigenvalue weighted by Gasteiger charge is -2.36. The highest BCUT2D eigenvalue weighted by Gasteiger charge is 2.37. The number of hydrogen-bond acceptors (Lipinski definition) is 5. The smallest absolute Gasteiger partial charge is 0.421 e. The van der Waals surface area contributed by atoms with Gasteiger partial charge in [0.15, 0.2) is 8.32 Å². The van der Waals surface area contributed by atoms with Crippen LogP contribution in [0.3, 0.4) is 0 Å². The molecule has 0 radical (unpaired) electrons. The number of nitrogens with zero attached hydrogens (tertiary/aromatic N) is 1. The van der Waals surface area contributed by atoms with E-state index in [4.69, 9.17) is 9.16 Å². The molecule has 176 valence electrons. The van der Waals surface area contributed by atoms with E-state index in [1.165, 1.54) is 0 Å². The number of aromatic nitrogens is 1. The van der Waals surface area contributed by atoms with Crippen molar-refractivity contribution in [3.63, 3.8) is 0 Å². The van der Waals surface area contributed by atoms with E-state index in [0.717, 1.165) is 42.9 Å². The summed E-state index contributed by atoms with van der Waals surface area (Å²) in [5.74, 6) is -0.189. The van der Waals surface area contributed by atoms with Crippen LogP contribution in [0.25, 0.3) is 0 Å². The number of rotatable bonds is 9. The highest BCUT2D eigenvalue weighted by molar-refractivity contribution is 7.99. The molecular weight excluding hydrogens is 455 g/mol. The second kappa shape index (κ2) is 10.4. The summed E-state index contributed by atoms with van der Waals surface area (Å²) in [6.45, 7) is 11.8. The third-order valence-electron chi connectivity index (χ3n) is 5.53. The first-order chi connectivity index (χ1) is 14.8. The standard InChI is InChI=1S/C23H30F3NO3SSi/c1-22(2,3)32(5,6)30-14-7-15-31-17-10-8-16(9-11-17)20(28)19-13-12-18(23(24,25)26)21(27-19)29-4/h8-13H,7,14-15H2,1-6H3. The van der Waals surface area contributed by atoms with Gasteiger partial charge in [-0.05, 0) is 61.0 Å². The minimum atomic E-state index is -4.60. The van der Waals surface area contributed by atoms with Gasteiger partial charge in [-0.3, -0.25) is 4.79 Å². The Bertz CT molecular complexity index is 926. The maximum atomic E-state index is 13.0. The molecule has 0 N–H and O–H groups in total. The van der Waals surface area contributed by atoms with E-state index in [-0.39, 0.29) is 10.7 Å². The molecule has 4 nitrogen and oxygen atoms in total. The first-order valence-electron chi connectivity index (χ1n) is 10.3. The van der Waals surface area contributed by atoms with Crippen molar-refractivity contribution in [1.82, 2.24) is 4.98 Å². The van der Waals surface area contributed by atoms with Crippen molar-refractivity contribution < 1.29 is 27.1 Å². The summed E-state index contributed by atoms with van der Waals surface area (Å²) in [6, 6.07) is 8.85. The molecule has 1 aromatic carbocycles. The van der Waals surface area contributed by atoms with Crippen molar-refractivity contribution in [2.24, 2.45) is 0 Å². The predicted octanol–water partition coefficient (Wildman–Crippen LogP) is 6.84. The van der Waals surface area contributed by atoms with Gasteiger partial charge in [0, 0.05) is 22.8 Å². The molecule has 32 heavy (non-hydrogen) atoms. The number of ether oxygens (including phenoxy) is 1. The Morgan fingerprint density at radius 1 is 1.06 bits per heavy atom. The molecule has 2 aromatic rings. The molecule has 0 saturated carbocycles. The van der Waals surface area contributed by atoms with Crippen LogP contribution in [0, 0.1) is 0 Å². The Balaban J connectivity index is 1.94. The number of pyridine rings is 1. The summed E-state index contributed by atoms with van der Waals surface area (Å²) < 4.78 is 49.8. The lowest BCUT2D eigenvalue weighted by atomic mass is 10.1. The average Bonchev–Trinajstić information content (AvgIpc) is 2.71. The van der Waals surface area contributed by atoms with Crippen LogP contribution in [0.4, 0.5) is 13.2 Å². The maximum Gasteiger partial charge on any atom is 0.421 e. The largest absolute Gasteiger partial charge is 0.481 e. The van der Waals surface area contributed by atoms with Gasteiger partial charge in [-0.2, -0.15) is 13.2 Å². The monoisotopic (exact) mass is 485 g/mol. The number of benzene rings is 1. The molecule has 0 aliphatic rings. The quantitative estimate of drug-likeness (QED) is 0.168. The van der Waals surface area contributed by atoms with Gasteiger partial charge in [0.2, 0.25) is 11.7 Å². The molecule has 0 atom stereocenters. The summed E-state index contributed by atoms with van der Waals surface area (Å²) in [4.78, 5) is 17.4. The van der Waals surface area contributed by atoms with E-state index in [0.29, 0.717) is 5.56 Å². The third-order valence-corrected chi connectivity index (χ3v) is 11.2. The molecule has 1 aromatic heterocycles. The molecule has 9 heteroatoms. The minimum Gasteiger partial charge on any atom is -0.481 e. The number of carbonyl (C=O) groups is 1. The van der Waals surface area contributed by atoms with Crippen molar-refractivity contribution in [2.75, 3.05) is 19.5 Å². The van der Waals surface area contributed by atoms with Crippen LogP contribution in [0.5, 0.6) is 5.88 Å². The van der Waals surface area contributed by atoms with Gasteiger partial charge >= 0.3 is 6.18 Å². The van der Waals surface area contributed by atoms with Gasteiger partial charge in [-0.25, -0.2) is 4.98 Å². The van der Waals surface area contributed by atoms with Gasteiger partial charge < -0.3 is 9.16 Å². The lowest BCUT2D eigenvalue weighted by molar-refractivity contribution is -0.139. The van der Waals surface area contributed by atoms with Gasteiger partial charge in [0.25, 0.3) is 0 Å². The van der Waals surface area contributed by atoms with E-state index in [2.05, 4.69) is 38.8 Å². The molecule has 0 spiro atoms. The Morgan fingerprint density at radius 2 is 1.69 bits per heavy atom. The summed E-state index contributed by atoms with van der Waals surface area (Å²) in [5.41, 5.74) is -0.760. The maximum absolute atomic E-state index is 13.0. The third kappa shape index (κ3) is 6.83. The van der Waals surface area contributed by atoms with Crippen LogP contribution >= 0.6 is 11.8 Å². The van der Waals surface area contributed by atoms with Crippen molar-refractivity contribution in [3.05, 3.63) is 53.2 Å². The van der Waals surface area contributed by atoms with Crippen LogP contribution in [-0.2, 0) is 10.6 Å². The molecule has 0 unspecified atom stereocenters. The molecule has 0 saturated heterocycles. The Hall–Kier alpha value is -1.84. The molecule has 0 aliphatic heterocycles. The van der Waals surface area contributed by atoms with E-state index in [9.17, 15) is 18.0 Å². The van der Waals surface area contributed by atoms with Crippen molar-refractivity contribution in [1.29, 1.82) is 0 Å². The number of alkyl halides is 3. The van der Waals surface area contributed by atoms with Gasteiger partial charge in [0.05, 0.1) is 7.11 Å². The van der Waals surface area contributed by atoms with E-state index >= 15 is 0 Å². The van der Waals surface area contributed by atoms with Gasteiger partial charge in [0.1, 0.15) is 11.3 Å². The molecular formula is C23H30F3NO3SSi. The van der Waals surface area contributed by atoms with Crippen LogP contribution in [-0.4, -0.2) is 38.6 Å². The van der Waals surface area contributed by atoms with Crippen LogP contribution in [0.1, 0.15) is 48.8 Å². The van der Waals surface area contributed by atoms with E-state index in [1.54, 1.807) is 23.9 Å². The molecule has 2 rings (SSSR count). The van der Waals surface area contributed by atoms with Crippen molar-refractivity contribution in [2.45, 2.75) is 56.4 Å². The highest BCUT2D eigenvalue weighted by Crippen LogP contribution is 2.37. The lowest BCUT2D eigenvalue weighted by Crippen LogP contribution is -2.41. The normalized spacial score (nSPS) is 12.7. The Labute approximate surface area is 193 Å². The molecule has 1 heterocycles. The zero-order valence-corrected chi connectivity index (χ0v) is 21.1. The Morgan fingerprint density at radius 3 is 2.22 bits per heavy atom. The fraction of sp³-hybridized carbons (Fsp3) is 0.478. The van der Waals surface area contributed by atoms with Crippen molar-refractivity contribution in [3.8, 4) is 5.88 Å². The topological polar surface area (TPSA) is 48.4 Å². The fourth-order valence-corrected chi connectivity index (χ4v) is 4.50. The molecule has 0 amide bonds. The van der Waals surface area contributed by atoms with Crippen LogP contribution in [0.15, 0.2) is 41.3 Å². The highest BCUT2D eigenvalue weighted by atomic mass is 32.2. The SMILES string of the molecule is COc1nc(C(=O)c2ccc(SCCCO[Si](C)(C)C(C)(C)C)cc2)ccc1C(F)(F)F. The zero-order valence-electron chi connectivity index (χ0n) is 19.3. The minimum absolute atomic E-state index is 0.0990. The zero-order chi connectivity index (χ0) is 24.2. The van der Waals surface area contributed by atoms with E-state index in [1.807, 2.05) is 12.1 Å². The van der Waals surface area contributed by atoms with E-state index < -0.39 is 31.7 Å². The number of halogens is 3. The van der Waals surface area contributed by atoms with Gasteiger partial charge in [-0.1, -0.05) is 20.8 Å². The molecule has 0 bridgehead atoms. The number of methoxy groups -OCH3 is 1. The second-order valence-electron chi connectivity index (χ2n) is 8.92. The number of ketones is 1. The average molecular weight is 486 g/mol. The first-order valence-corrected chi connectivity index (χ1v) is 14.2. The van der Waals surface area contributed by atoms with Crippen LogP contribution < -0.4 is 4.74 Å². The van der Waals surface area contributed by atoms with Crippen LogP contribution in [0.2, 0.25) is 18.1 Å². The predicted molar refractivity (Wildman–Crippen MR) is 124 cm³/mol. The fourth-order valence-electron chi connectivity index (χ4n) is 2.58. The Kier molecular flexibility index (Phi) is 8.58. The first kappa shape index (κ1) is 26.4. The van der Waals surface area contributed by atoms with Crippen molar-refractivity contribution >= 4 is 25.9 Å². The molecule has 0 fully saturated rings. The second-order valence-corrected chi connectivity index (χ2v) is 14.9. The van der Waals surface area contributed by atoms with Gasteiger partial charge in [-0.15, -0.1) is 11.8 Å². The summed E-state index contributed by atoms with van der Waals surface area (Å²) in [5, 5.41) is 0.189. The number of hydrogen-bond donors (Lipinski definition) is 0. The summed E-state index contributed by atoms with van der Waals surface area (Å²) in [7, 11) is -0.639. The summed E-state index contributed by atoms with van der Waals surface area (Å²) >= 11 is 1.67. The summed E-state index contributed by atoms with van der Waals surface area (Å²) in [6.07, 6.45) is -3.68. The number of thioether (sulfide) groups is 1. The number of carbonyl (C=O) groups excluding carboxylic acids is 1.